The minimum Gasteiger partial charge on any atom is -0.386 e. The van der Waals surface area contributed by atoms with Gasteiger partial charge in [-0.05, 0) is 30.5 Å². The van der Waals surface area contributed by atoms with Crippen LogP contribution in [0.1, 0.15) is 35.3 Å². The van der Waals surface area contributed by atoms with Crippen molar-refractivity contribution in [3.63, 3.8) is 0 Å². The molecule has 9 heteroatoms. The second-order valence-corrected chi connectivity index (χ2v) is 7.67. The molecule has 0 saturated carbocycles. The zero-order valence-corrected chi connectivity index (χ0v) is 16.7. The minimum absolute atomic E-state index is 0.229. The maximum absolute atomic E-state index is 13.0. The van der Waals surface area contributed by atoms with E-state index in [9.17, 15) is 14.4 Å². The standard InChI is InChI=1S/C21H23N5O4/c1-25-17(6-2-7-18(25)27)20(29)26-10-4-8-21(14-26)11-16(24-30-21)19(28)23-13-15-5-3-9-22-12-15/h2-3,5-7,9,12H,4,8,10-11,13-14H2,1H3,(H,23,28). The minimum atomic E-state index is -0.706. The van der Waals surface area contributed by atoms with Gasteiger partial charge in [0.25, 0.3) is 17.4 Å². The molecule has 0 bridgehead atoms. The lowest BCUT2D eigenvalue weighted by atomic mass is 9.88. The molecule has 2 aromatic rings. The molecule has 9 nitrogen and oxygen atoms in total. The molecule has 2 amide bonds. The number of carbonyl (C=O) groups excluding carboxylic acids is 2. The van der Waals surface area contributed by atoms with Crippen molar-refractivity contribution in [2.45, 2.75) is 31.4 Å². The summed E-state index contributed by atoms with van der Waals surface area (Å²) in [6.07, 6.45) is 5.13. The average molecular weight is 409 g/mol. The van der Waals surface area contributed by atoms with E-state index in [1.807, 2.05) is 12.1 Å². The molecule has 156 valence electrons. The number of nitrogens with one attached hydrogen (secondary N) is 1. The lowest BCUT2D eigenvalue weighted by molar-refractivity contribution is -0.115. The van der Waals surface area contributed by atoms with Crippen LogP contribution in [0.15, 0.2) is 52.7 Å². The summed E-state index contributed by atoms with van der Waals surface area (Å²) in [5.74, 6) is -0.517. The molecule has 0 radical (unpaired) electrons. The van der Waals surface area contributed by atoms with E-state index in [0.717, 1.165) is 12.0 Å². The van der Waals surface area contributed by atoms with Crippen LogP contribution in [-0.4, -0.2) is 50.7 Å². The van der Waals surface area contributed by atoms with Crippen LogP contribution in [-0.2, 0) is 23.2 Å². The first-order chi connectivity index (χ1) is 14.5. The lowest BCUT2D eigenvalue weighted by Crippen LogP contribution is -2.51. The van der Waals surface area contributed by atoms with Crippen molar-refractivity contribution >= 4 is 17.5 Å². The second kappa shape index (κ2) is 8.10. The Bertz CT molecular complexity index is 1050. The van der Waals surface area contributed by atoms with E-state index in [2.05, 4.69) is 15.5 Å². The molecule has 1 spiro atoms. The van der Waals surface area contributed by atoms with Gasteiger partial charge in [0, 0.05) is 45.0 Å². The number of amides is 2. The predicted octanol–water partition coefficient (Wildman–Crippen LogP) is 0.848. The smallest absolute Gasteiger partial charge is 0.270 e. The highest BCUT2D eigenvalue weighted by molar-refractivity contribution is 6.39. The number of oxime groups is 1. The number of nitrogens with zero attached hydrogens (tertiary/aromatic N) is 4. The summed E-state index contributed by atoms with van der Waals surface area (Å²) in [7, 11) is 1.58. The van der Waals surface area contributed by atoms with Crippen LogP contribution in [0.4, 0.5) is 0 Å². The Morgan fingerprint density at radius 3 is 2.93 bits per heavy atom. The van der Waals surface area contributed by atoms with Gasteiger partial charge in [0.2, 0.25) is 0 Å². The van der Waals surface area contributed by atoms with E-state index >= 15 is 0 Å². The molecule has 2 aromatic heterocycles. The number of hydrogen-bond donors (Lipinski definition) is 1. The summed E-state index contributed by atoms with van der Waals surface area (Å²) in [4.78, 5) is 48.7. The highest BCUT2D eigenvalue weighted by Crippen LogP contribution is 2.34. The van der Waals surface area contributed by atoms with Crippen molar-refractivity contribution < 1.29 is 14.4 Å². The summed E-state index contributed by atoms with van der Waals surface area (Å²) in [5, 5.41) is 6.85. The van der Waals surface area contributed by atoms with Crippen LogP contribution in [0.5, 0.6) is 0 Å². The number of hydrogen-bond acceptors (Lipinski definition) is 6. The van der Waals surface area contributed by atoms with Crippen molar-refractivity contribution in [3.05, 3.63) is 64.3 Å². The van der Waals surface area contributed by atoms with Gasteiger partial charge in [-0.15, -0.1) is 0 Å². The highest BCUT2D eigenvalue weighted by Gasteiger charge is 2.45. The fourth-order valence-corrected chi connectivity index (χ4v) is 3.86. The molecule has 1 unspecified atom stereocenters. The molecule has 4 rings (SSSR count). The van der Waals surface area contributed by atoms with Crippen LogP contribution >= 0.6 is 0 Å². The summed E-state index contributed by atoms with van der Waals surface area (Å²) >= 11 is 0. The van der Waals surface area contributed by atoms with E-state index in [4.69, 9.17) is 4.84 Å². The third-order valence-corrected chi connectivity index (χ3v) is 5.51. The van der Waals surface area contributed by atoms with Gasteiger partial charge < -0.3 is 19.6 Å². The van der Waals surface area contributed by atoms with Crippen LogP contribution in [0.25, 0.3) is 0 Å². The number of piperidine rings is 1. The quantitative estimate of drug-likeness (QED) is 0.806. The van der Waals surface area contributed by atoms with Gasteiger partial charge in [-0.3, -0.25) is 19.4 Å². The van der Waals surface area contributed by atoms with Gasteiger partial charge in [-0.25, -0.2) is 0 Å². The SMILES string of the molecule is Cn1c(C(=O)N2CCCC3(CC(C(=O)NCc4cccnc4)=NO3)C2)cccc1=O. The molecule has 0 aliphatic carbocycles. The Kier molecular flexibility index (Phi) is 5.35. The average Bonchev–Trinajstić information content (AvgIpc) is 3.17. The lowest BCUT2D eigenvalue weighted by Gasteiger charge is -2.38. The zero-order chi connectivity index (χ0) is 21.1. The Hall–Kier alpha value is -3.49. The molecule has 1 saturated heterocycles. The largest absolute Gasteiger partial charge is 0.386 e. The molecule has 2 aliphatic heterocycles. The van der Waals surface area contributed by atoms with E-state index < -0.39 is 5.60 Å². The molecule has 4 heterocycles. The molecule has 30 heavy (non-hydrogen) atoms. The first kappa shape index (κ1) is 19.8. The van der Waals surface area contributed by atoms with Crippen molar-refractivity contribution in [1.29, 1.82) is 0 Å². The molecule has 1 N–H and O–H groups in total. The van der Waals surface area contributed by atoms with Gasteiger partial charge in [-0.2, -0.15) is 0 Å². The first-order valence-corrected chi connectivity index (χ1v) is 9.85. The van der Waals surface area contributed by atoms with Gasteiger partial charge in [-0.1, -0.05) is 17.3 Å². The van der Waals surface area contributed by atoms with E-state index in [-0.39, 0.29) is 17.4 Å². The number of rotatable bonds is 4. The first-order valence-electron chi connectivity index (χ1n) is 9.85. The summed E-state index contributed by atoms with van der Waals surface area (Å²) in [5.41, 5.74) is 0.597. The predicted molar refractivity (Wildman–Crippen MR) is 109 cm³/mol. The van der Waals surface area contributed by atoms with E-state index in [1.54, 1.807) is 36.5 Å². The van der Waals surface area contributed by atoms with Crippen LogP contribution < -0.4 is 10.9 Å². The summed E-state index contributed by atoms with van der Waals surface area (Å²) in [6, 6.07) is 8.31. The Morgan fingerprint density at radius 1 is 1.27 bits per heavy atom. The Balaban J connectivity index is 1.40. The van der Waals surface area contributed by atoms with Crippen LogP contribution in [0.2, 0.25) is 0 Å². The van der Waals surface area contributed by atoms with E-state index in [0.29, 0.717) is 43.9 Å². The molecule has 2 aliphatic rings. The highest BCUT2D eigenvalue weighted by atomic mass is 16.7. The van der Waals surface area contributed by atoms with Crippen molar-refractivity contribution in [2.24, 2.45) is 12.2 Å². The zero-order valence-electron chi connectivity index (χ0n) is 16.7. The maximum Gasteiger partial charge on any atom is 0.270 e. The van der Waals surface area contributed by atoms with Gasteiger partial charge in [0.05, 0.1) is 6.54 Å². The normalized spacial score (nSPS) is 20.6. The van der Waals surface area contributed by atoms with Gasteiger partial charge in [0.15, 0.2) is 5.60 Å². The number of pyridine rings is 2. The molecule has 1 atom stereocenters. The summed E-state index contributed by atoms with van der Waals surface area (Å²) < 4.78 is 1.34. The Labute approximate surface area is 173 Å². The Morgan fingerprint density at radius 2 is 2.13 bits per heavy atom. The van der Waals surface area contributed by atoms with Gasteiger partial charge >= 0.3 is 0 Å². The topological polar surface area (TPSA) is 106 Å². The molecule has 1 fully saturated rings. The fourth-order valence-electron chi connectivity index (χ4n) is 3.86. The summed E-state index contributed by atoms with van der Waals surface area (Å²) in [6.45, 7) is 1.23. The van der Waals surface area contributed by atoms with Crippen molar-refractivity contribution in [2.75, 3.05) is 13.1 Å². The fraction of sp³-hybridized carbons (Fsp3) is 0.381. The van der Waals surface area contributed by atoms with Crippen molar-refractivity contribution in [3.8, 4) is 0 Å². The van der Waals surface area contributed by atoms with Crippen LogP contribution in [0, 0.1) is 0 Å². The molecular weight excluding hydrogens is 386 g/mol. The monoisotopic (exact) mass is 409 g/mol. The third kappa shape index (κ3) is 3.96. The van der Waals surface area contributed by atoms with Crippen molar-refractivity contribution in [1.82, 2.24) is 19.8 Å². The van der Waals surface area contributed by atoms with Crippen LogP contribution in [0.3, 0.4) is 0 Å². The third-order valence-electron chi connectivity index (χ3n) is 5.51. The number of carbonyl (C=O) groups is 2. The number of likely N-dealkylation sites (tertiary alicyclic amines) is 1. The molecular formula is C21H23N5O4. The second-order valence-electron chi connectivity index (χ2n) is 7.67. The van der Waals surface area contributed by atoms with Gasteiger partial charge in [0.1, 0.15) is 11.4 Å². The molecule has 0 aromatic carbocycles. The number of aromatic nitrogens is 2. The maximum atomic E-state index is 13.0. The van der Waals surface area contributed by atoms with E-state index in [1.165, 1.54) is 10.6 Å².